The summed E-state index contributed by atoms with van der Waals surface area (Å²) < 4.78 is 27.2. The summed E-state index contributed by atoms with van der Waals surface area (Å²) in [6.07, 6.45) is 1.50. The highest BCUT2D eigenvalue weighted by Gasteiger charge is 2.21. The van der Waals surface area contributed by atoms with Gasteiger partial charge in [-0.3, -0.25) is 9.71 Å². The average molecular weight is 347 g/mol. The molecule has 2 aromatic rings. The minimum Gasteiger partial charge on any atom is -0.392 e. The lowest BCUT2D eigenvalue weighted by Gasteiger charge is -2.12. The van der Waals surface area contributed by atoms with E-state index in [9.17, 15) is 13.5 Å². The molecule has 0 atom stereocenters. The van der Waals surface area contributed by atoms with Gasteiger partial charge in [-0.15, -0.1) is 0 Å². The number of nitrogens with zero attached hydrogens (tertiary/aromatic N) is 1. The topological polar surface area (TPSA) is 79.3 Å². The van der Waals surface area contributed by atoms with Crippen LogP contribution in [0.15, 0.2) is 35.4 Å². The van der Waals surface area contributed by atoms with Crippen molar-refractivity contribution in [1.82, 2.24) is 4.98 Å². The van der Waals surface area contributed by atoms with E-state index in [2.05, 4.69) is 9.71 Å². The van der Waals surface area contributed by atoms with Gasteiger partial charge in [-0.2, -0.15) is 0 Å². The number of hydrogen-bond acceptors (Lipinski definition) is 4. The Labute approximate surface area is 132 Å². The van der Waals surface area contributed by atoms with Crippen LogP contribution in [-0.4, -0.2) is 18.5 Å². The Morgan fingerprint density at radius 1 is 1.29 bits per heavy atom. The molecule has 5 nitrogen and oxygen atoms in total. The van der Waals surface area contributed by atoms with E-state index in [1.165, 1.54) is 24.4 Å². The monoisotopic (exact) mass is 346 g/mol. The number of anilines is 1. The van der Waals surface area contributed by atoms with E-state index in [1.54, 1.807) is 13.0 Å². The first-order valence-corrected chi connectivity index (χ1v) is 8.12. The van der Waals surface area contributed by atoms with Crippen molar-refractivity contribution in [1.29, 1.82) is 0 Å². The van der Waals surface area contributed by atoms with Gasteiger partial charge in [-0.25, -0.2) is 8.42 Å². The molecular weight excluding hydrogens is 335 g/mol. The van der Waals surface area contributed by atoms with Gasteiger partial charge in [0.25, 0.3) is 10.0 Å². The lowest BCUT2D eigenvalue weighted by atomic mass is 10.2. The number of aliphatic hydroxyl groups excluding tert-OH is 1. The minimum atomic E-state index is -3.89. The first-order chi connectivity index (χ1) is 9.85. The van der Waals surface area contributed by atoms with Crippen LogP contribution in [0.2, 0.25) is 10.0 Å². The van der Waals surface area contributed by atoms with Gasteiger partial charge in [0.15, 0.2) is 0 Å². The van der Waals surface area contributed by atoms with E-state index < -0.39 is 16.6 Å². The molecule has 0 fully saturated rings. The van der Waals surface area contributed by atoms with Gasteiger partial charge >= 0.3 is 0 Å². The van der Waals surface area contributed by atoms with Crippen molar-refractivity contribution in [3.63, 3.8) is 0 Å². The summed E-state index contributed by atoms with van der Waals surface area (Å²) in [5.74, 6) is 0. The third kappa shape index (κ3) is 3.47. The van der Waals surface area contributed by atoms with Gasteiger partial charge < -0.3 is 5.11 Å². The van der Waals surface area contributed by atoms with Gasteiger partial charge in [0, 0.05) is 22.5 Å². The van der Waals surface area contributed by atoms with Crippen LogP contribution in [0.25, 0.3) is 0 Å². The zero-order valence-electron chi connectivity index (χ0n) is 11.0. The lowest BCUT2D eigenvalue weighted by Crippen LogP contribution is -2.14. The highest BCUT2D eigenvalue weighted by atomic mass is 35.5. The minimum absolute atomic E-state index is 0.0942. The summed E-state index contributed by atoms with van der Waals surface area (Å²) >= 11 is 11.9. The Bertz CT molecular complexity index is 779. The number of halogens is 2. The predicted octanol–water partition coefficient (Wildman–Crippen LogP) is 2.99. The average Bonchev–Trinajstić information content (AvgIpc) is 2.38. The van der Waals surface area contributed by atoms with Crippen molar-refractivity contribution in [2.45, 2.75) is 18.4 Å². The molecule has 2 rings (SSSR count). The normalized spacial score (nSPS) is 11.4. The highest BCUT2D eigenvalue weighted by molar-refractivity contribution is 7.92. The summed E-state index contributed by atoms with van der Waals surface area (Å²) in [6.45, 7) is 1.30. The molecule has 0 saturated carbocycles. The van der Waals surface area contributed by atoms with Crippen LogP contribution in [-0.2, 0) is 16.6 Å². The molecule has 0 unspecified atom stereocenters. The molecule has 0 aliphatic carbocycles. The standard InChI is InChI=1S/C13H12Cl2N2O3S/c1-8-6-9(4-5-16-8)17-21(19,20)12-3-2-11(14)10(7-18)13(12)15/h2-6,18H,7H2,1H3,(H,16,17). The van der Waals surface area contributed by atoms with Gasteiger partial charge in [0.2, 0.25) is 0 Å². The first-order valence-electron chi connectivity index (χ1n) is 5.88. The Balaban J connectivity index is 2.45. The van der Waals surface area contributed by atoms with Gasteiger partial charge in [0.1, 0.15) is 4.90 Å². The molecule has 2 N–H and O–H groups in total. The van der Waals surface area contributed by atoms with E-state index in [-0.39, 0.29) is 20.5 Å². The van der Waals surface area contributed by atoms with Gasteiger partial charge in [0.05, 0.1) is 17.3 Å². The number of sulfonamides is 1. The predicted molar refractivity (Wildman–Crippen MR) is 82.2 cm³/mol. The third-order valence-corrected chi connectivity index (χ3v) is 5.07. The second-order valence-electron chi connectivity index (χ2n) is 4.29. The highest BCUT2D eigenvalue weighted by Crippen LogP contribution is 2.32. The SMILES string of the molecule is Cc1cc(NS(=O)(=O)c2ccc(Cl)c(CO)c2Cl)ccn1. The molecule has 0 aliphatic rings. The fourth-order valence-corrected chi connectivity index (χ4v) is 3.70. The van der Waals surface area contributed by atoms with Crippen LogP contribution in [0.4, 0.5) is 5.69 Å². The fraction of sp³-hybridized carbons (Fsp3) is 0.154. The quantitative estimate of drug-likeness (QED) is 0.891. The number of hydrogen-bond donors (Lipinski definition) is 2. The molecule has 1 aromatic heterocycles. The summed E-state index contributed by atoms with van der Waals surface area (Å²) in [5, 5.41) is 9.34. The smallest absolute Gasteiger partial charge is 0.263 e. The van der Waals surface area contributed by atoms with Crippen molar-refractivity contribution < 1.29 is 13.5 Å². The van der Waals surface area contributed by atoms with Crippen molar-refractivity contribution in [2.24, 2.45) is 0 Å². The molecule has 21 heavy (non-hydrogen) atoms. The fourth-order valence-electron chi connectivity index (χ4n) is 1.75. The molecular formula is C13H12Cl2N2O3S. The van der Waals surface area contributed by atoms with Crippen molar-refractivity contribution in [3.05, 3.63) is 51.8 Å². The Hall–Kier alpha value is -1.34. The Morgan fingerprint density at radius 3 is 2.62 bits per heavy atom. The van der Waals surface area contributed by atoms with E-state index in [1.807, 2.05) is 0 Å². The molecule has 112 valence electrons. The Morgan fingerprint density at radius 2 is 2.00 bits per heavy atom. The van der Waals surface area contributed by atoms with Crippen LogP contribution in [0, 0.1) is 6.92 Å². The molecule has 8 heteroatoms. The zero-order chi connectivity index (χ0) is 15.6. The number of nitrogens with one attached hydrogen (secondary N) is 1. The number of aromatic nitrogens is 1. The maximum absolute atomic E-state index is 12.4. The van der Waals surface area contributed by atoms with E-state index >= 15 is 0 Å². The summed E-state index contributed by atoms with van der Waals surface area (Å²) in [5.41, 5.74) is 1.22. The maximum atomic E-state index is 12.4. The number of aryl methyl sites for hydroxylation is 1. The maximum Gasteiger partial charge on any atom is 0.263 e. The summed E-state index contributed by atoms with van der Waals surface area (Å²) in [4.78, 5) is 3.84. The van der Waals surface area contributed by atoms with E-state index in [0.717, 1.165) is 0 Å². The zero-order valence-corrected chi connectivity index (χ0v) is 13.3. The number of aliphatic hydroxyl groups is 1. The molecule has 0 saturated heterocycles. The van der Waals surface area contributed by atoms with Crippen LogP contribution in [0.1, 0.15) is 11.3 Å². The van der Waals surface area contributed by atoms with Crippen molar-refractivity contribution in [2.75, 3.05) is 4.72 Å². The van der Waals surface area contributed by atoms with Crippen molar-refractivity contribution in [3.8, 4) is 0 Å². The molecule has 0 bridgehead atoms. The first kappa shape index (κ1) is 16.0. The number of pyridine rings is 1. The molecule has 0 spiro atoms. The molecule has 0 amide bonds. The number of rotatable bonds is 4. The van der Waals surface area contributed by atoms with Crippen LogP contribution in [0.3, 0.4) is 0 Å². The van der Waals surface area contributed by atoms with Crippen molar-refractivity contribution >= 4 is 38.9 Å². The van der Waals surface area contributed by atoms with Gasteiger partial charge in [-0.05, 0) is 31.2 Å². The van der Waals surface area contributed by atoms with Gasteiger partial charge in [-0.1, -0.05) is 23.2 Å². The lowest BCUT2D eigenvalue weighted by molar-refractivity contribution is 0.282. The van der Waals surface area contributed by atoms with Crippen LogP contribution < -0.4 is 4.72 Å². The largest absolute Gasteiger partial charge is 0.392 e. The molecule has 0 radical (unpaired) electrons. The van der Waals surface area contributed by atoms with Crippen LogP contribution >= 0.6 is 23.2 Å². The second-order valence-corrected chi connectivity index (χ2v) is 6.72. The summed E-state index contributed by atoms with van der Waals surface area (Å²) in [7, 11) is -3.89. The van der Waals surface area contributed by atoms with Crippen LogP contribution in [0.5, 0.6) is 0 Å². The van der Waals surface area contributed by atoms with E-state index in [4.69, 9.17) is 23.2 Å². The summed E-state index contributed by atoms with van der Waals surface area (Å²) in [6, 6.07) is 5.79. The molecule has 0 aliphatic heterocycles. The Kier molecular flexibility index (Phi) is 4.73. The second kappa shape index (κ2) is 6.19. The number of benzene rings is 1. The third-order valence-electron chi connectivity index (χ3n) is 2.75. The molecule has 1 aromatic carbocycles. The molecule has 1 heterocycles. The van der Waals surface area contributed by atoms with E-state index in [0.29, 0.717) is 11.4 Å².